The van der Waals surface area contributed by atoms with Crippen LogP contribution in [0.1, 0.15) is 23.9 Å². The maximum atomic E-state index is 5.91. The molecule has 3 rings (SSSR count). The van der Waals surface area contributed by atoms with Crippen LogP contribution in [-0.4, -0.2) is 27.7 Å². The molecular weight excluding hydrogens is 348 g/mol. The number of nitrogens with one attached hydrogen (secondary N) is 1. The molecule has 1 aromatic heterocycles. The second kappa shape index (κ2) is 8.44. The van der Waals surface area contributed by atoms with E-state index < -0.39 is 0 Å². The third-order valence-corrected chi connectivity index (χ3v) is 3.90. The Morgan fingerprint density at radius 3 is 2.65 bits per heavy atom. The summed E-state index contributed by atoms with van der Waals surface area (Å²) >= 11 is 5.14. The minimum Gasteiger partial charge on any atom is -0.490 e. The first-order valence-corrected chi connectivity index (χ1v) is 8.70. The van der Waals surface area contributed by atoms with E-state index in [1.807, 2.05) is 62.4 Å². The SMILES string of the molecule is CCOc1cc(/C=N/n2c(C)n[nH]c2=S)ccc1OCc1ccccc1. The molecule has 0 aliphatic rings. The number of aromatic nitrogens is 3. The van der Waals surface area contributed by atoms with Crippen molar-refractivity contribution in [3.8, 4) is 11.5 Å². The van der Waals surface area contributed by atoms with E-state index in [4.69, 9.17) is 21.7 Å². The van der Waals surface area contributed by atoms with Crippen molar-refractivity contribution in [2.45, 2.75) is 20.5 Å². The smallest absolute Gasteiger partial charge is 0.216 e. The molecule has 0 saturated heterocycles. The molecule has 0 aliphatic heterocycles. The van der Waals surface area contributed by atoms with Crippen molar-refractivity contribution in [3.05, 3.63) is 70.3 Å². The Bertz CT molecular complexity index is 948. The van der Waals surface area contributed by atoms with Crippen LogP contribution in [0.2, 0.25) is 0 Å². The van der Waals surface area contributed by atoms with E-state index in [0.717, 1.165) is 11.1 Å². The lowest BCUT2D eigenvalue weighted by atomic mass is 10.2. The lowest BCUT2D eigenvalue weighted by Gasteiger charge is -2.12. The van der Waals surface area contributed by atoms with Gasteiger partial charge in [-0.05, 0) is 55.4 Å². The van der Waals surface area contributed by atoms with Crippen LogP contribution in [0.5, 0.6) is 11.5 Å². The molecule has 0 unspecified atom stereocenters. The number of ether oxygens (including phenoxy) is 2. The van der Waals surface area contributed by atoms with Crippen molar-refractivity contribution in [1.29, 1.82) is 0 Å². The van der Waals surface area contributed by atoms with Crippen LogP contribution >= 0.6 is 12.2 Å². The molecule has 0 spiro atoms. The van der Waals surface area contributed by atoms with Gasteiger partial charge in [-0.2, -0.15) is 14.9 Å². The summed E-state index contributed by atoms with van der Waals surface area (Å²) in [6, 6.07) is 15.7. The summed E-state index contributed by atoms with van der Waals surface area (Å²) in [6.07, 6.45) is 1.71. The lowest BCUT2D eigenvalue weighted by Crippen LogP contribution is -2.00. The molecule has 0 amide bonds. The molecule has 7 heteroatoms. The van der Waals surface area contributed by atoms with E-state index in [2.05, 4.69) is 15.3 Å². The first-order valence-electron chi connectivity index (χ1n) is 8.29. The molecule has 2 aromatic carbocycles. The number of benzene rings is 2. The quantitative estimate of drug-likeness (QED) is 0.503. The lowest BCUT2D eigenvalue weighted by molar-refractivity contribution is 0.269. The van der Waals surface area contributed by atoms with E-state index in [-0.39, 0.29) is 0 Å². The second-order valence-corrected chi connectivity index (χ2v) is 5.93. The molecule has 1 N–H and O–H groups in total. The normalized spacial score (nSPS) is 11.0. The Labute approximate surface area is 157 Å². The predicted molar refractivity (Wildman–Crippen MR) is 104 cm³/mol. The summed E-state index contributed by atoms with van der Waals surface area (Å²) in [5.74, 6) is 2.07. The second-order valence-electron chi connectivity index (χ2n) is 5.55. The van der Waals surface area contributed by atoms with Gasteiger partial charge in [0.05, 0.1) is 12.8 Å². The van der Waals surface area contributed by atoms with Crippen molar-refractivity contribution in [3.63, 3.8) is 0 Å². The van der Waals surface area contributed by atoms with E-state index in [1.54, 1.807) is 10.9 Å². The van der Waals surface area contributed by atoms with Gasteiger partial charge in [0.2, 0.25) is 4.77 Å². The average molecular weight is 368 g/mol. The zero-order chi connectivity index (χ0) is 18.4. The number of nitrogens with zero attached hydrogens (tertiary/aromatic N) is 3. The number of hydrogen-bond donors (Lipinski definition) is 1. The molecule has 1 heterocycles. The molecule has 134 valence electrons. The zero-order valence-corrected chi connectivity index (χ0v) is 15.5. The molecular formula is C19H20N4O2S. The Hall–Kier alpha value is -2.93. The van der Waals surface area contributed by atoms with Gasteiger partial charge in [0.25, 0.3) is 0 Å². The molecule has 0 fully saturated rings. The Kier molecular flexibility index (Phi) is 5.80. The predicted octanol–water partition coefficient (Wildman–Crippen LogP) is 4.11. The van der Waals surface area contributed by atoms with Crippen LogP contribution < -0.4 is 9.47 Å². The van der Waals surface area contributed by atoms with Gasteiger partial charge in [-0.15, -0.1) is 0 Å². The Morgan fingerprint density at radius 2 is 1.96 bits per heavy atom. The highest BCUT2D eigenvalue weighted by atomic mass is 32.1. The minimum atomic E-state index is 0.451. The average Bonchev–Trinajstić information content (AvgIpc) is 2.98. The standard InChI is InChI=1S/C19H20N4O2S/c1-3-24-18-11-16(12-20-23-14(2)21-22-19(23)26)9-10-17(18)25-13-15-7-5-4-6-8-15/h4-12H,3,13H2,1-2H3,(H,22,26)/b20-12+. The van der Waals surface area contributed by atoms with Crippen LogP contribution in [0.4, 0.5) is 0 Å². The van der Waals surface area contributed by atoms with Gasteiger partial charge in [-0.25, -0.2) is 0 Å². The van der Waals surface area contributed by atoms with Gasteiger partial charge in [-0.1, -0.05) is 30.3 Å². The van der Waals surface area contributed by atoms with Gasteiger partial charge < -0.3 is 9.47 Å². The third-order valence-electron chi connectivity index (χ3n) is 3.64. The van der Waals surface area contributed by atoms with E-state index >= 15 is 0 Å². The Balaban J connectivity index is 1.79. The summed E-state index contributed by atoms with van der Waals surface area (Å²) in [5.41, 5.74) is 1.98. The van der Waals surface area contributed by atoms with Gasteiger partial charge in [0.15, 0.2) is 11.5 Å². The zero-order valence-electron chi connectivity index (χ0n) is 14.7. The Morgan fingerprint density at radius 1 is 1.15 bits per heavy atom. The number of rotatable bonds is 7. The molecule has 0 saturated carbocycles. The fraction of sp³-hybridized carbons (Fsp3) is 0.211. The van der Waals surface area contributed by atoms with Crippen molar-refractivity contribution < 1.29 is 9.47 Å². The van der Waals surface area contributed by atoms with Crippen molar-refractivity contribution in [2.75, 3.05) is 6.61 Å². The van der Waals surface area contributed by atoms with Crippen LogP contribution in [0, 0.1) is 11.7 Å². The maximum Gasteiger partial charge on any atom is 0.216 e. The number of hydrogen-bond acceptors (Lipinski definition) is 5. The highest BCUT2D eigenvalue weighted by Crippen LogP contribution is 2.29. The van der Waals surface area contributed by atoms with Crippen molar-refractivity contribution in [1.82, 2.24) is 14.9 Å². The van der Waals surface area contributed by atoms with Gasteiger partial charge >= 0.3 is 0 Å². The molecule has 3 aromatic rings. The summed E-state index contributed by atoms with van der Waals surface area (Å²) in [6.45, 7) is 4.80. The summed E-state index contributed by atoms with van der Waals surface area (Å²) < 4.78 is 13.6. The fourth-order valence-corrected chi connectivity index (χ4v) is 2.58. The highest BCUT2D eigenvalue weighted by Gasteiger charge is 2.07. The fourth-order valence-electron chi connectivity index (χ4n) is 2.36. The largest absolute Gasteiger partial charge is 0.490 e. The summed E-state index contributed by atoms with van der Waals surface area (Å²) in [5, 5.41) is 11.1. The molecule has 0 bridgehead atoms. The van der Waals surface area contributed by atoms with E-state index in [1.165, 1.54) is 0 Å². The van der Waals surface area contributed by atoms with Crippen LogP contribution in [-0.2, 0) is 6.61 Å². The summed E-state index contributed by atoms with van der Waals surface area (Å²) in [4.78, 5) is 0. The molecule has 6 nitrogen and oxygen atoms in total. The molecule has 0 radical (unpaired) electrons. The third kappa shape index (κ3) is 4.37. The van der Waals surface area contributed by atoms with Gasteiger partial charge in [0.1, 0.15) is 12.4 Å². The number of H-pyrrole nitrogens is 1. The molecule has 0 aliphatic carbocycles. The molecule has 26 heavy (non-hydrogen) atoms. The van der Waals surface area contributed by atoms with Crippen molar-refractivity contribution in [2.24, 2.45) is 5.10 Å². The summed E-state index contributed by atoms with van der Waals surface area (Å²) in [7, 11) is 0. The van der Waals surface area contributed by atoms with Crippen LogP contribution in [0.3, 0.4) is 0 Å². The first kappa shape index (κ1) is 17.9. The van der Waals surface area contributed by atoms with Gasteiger partial charge in [0, 0.05) is 0 Å². The van der Waals surface area contributed by atoms with E-state index in [9.17, 15) is 0 Å². The van der Waals surface area contributed by atoms with Crippen LogP contribution in [0.15, 0.2) is 53.6 Å². The van der Waals surface area contributed by atoms with Crippen molar-refractivity contribution >= 4 is 18.4 Å². The van der Waals surface area contributed by atoms with Gasteiger partial charge in [-0.3, -0.25) is 5.10 Å². The van der Waals surface area contributed by atoms with E-state index in [0.29, 0.717) is 35.3 Å². The topological polar surface area (TPSA) is 64.4 Å². The monoisotopic (exact) mass is 368 g/mol. The number of aromatic amines is 1. The molecule has 0 atom stereocenters. The number of aryl methyl sites for hydroxylation is 1. The maximum absolute atomic E-state index is 5.91. The first-order chi connectivity index (χ1) is 12.7. The minimum absolute atomic E-state index is 0.451. The van der Waals surface area contributed by atoms with Crippen LogP contribution in [0.25, 0.3) is 0 Å². The highest BCUT2D eigenvalue weighted by molar-refractivity contribution is 7.71.